The van der Waals surface area contributed by atoms with Crippen molar-refractivity contribution in [1.29, 1.82) is 0 Å². The summed E-state index contributed by atoms with van der Waals surface area (Å²) >= 11 is 0. The van der Waals surface area contributed by atoms with E-state index >= 15 is 0 Å². The number of fused-ring (bicyclic) bond motifs is 1. The van der Waals surface area contributed by atoms with Gasteiger partial charge in [-0.3, -0.25) is 4.99 Å². The Hall–Kier alpha value is -1.35. The highest BCUT2D eigenvalue weighted by atomic mass is 16.5. The Morgan fingerprint density at radius 1 is 1.32 bits per heavy atom. The number of hydrogen-bond acceptors (Lipinski definition) is 3. The van der Waals surface area contributed by atoms with Crippen molar-refractivity contribution in [3.05, 3.63) is 29.3 Å². The lowest BCUT2D eigenvalue weighted by atomic mass is 9.92. The van der Waals surface area contributed by atoms with Crippen molar-refractivity contribution in [2.75, 3.05) is 20.3 Å². The lowest BCUT2D eigenvalue weighted by Crippen LogP contribution is -2.20. The van der Waals surface area contributed by atoms with Gasteiger partial charge in [0.15, 0.2) is 0 Å². The smallest absolute Gasteiger partial charge is 0.119 e. The summed E-state index contributed by atoms with van der Waals surface area (Å²) in [7, 11) is 1.71. The molecule has 0 radical (unpaired) electrons. The van der Waals surface area contributed by atoms with E-state index in [2.05, 4.69) is 31.0 Å². The van der Waals surface area contributed by atoms with Gasteiger partial charge in [0.05, 0.1) is 12.6 Å². The van der Waals surface area contributed by atoms with E-state index in [1.807, 2.05) is 12.3 Å². The Kier molecular flexibility index (Phi) is 4.97. The van der Waals surface area contributed by atoms with Crippen molar-refractivity contribution < 1.29 is 9.47 Å². The van der Waals surface area contributed by atoms with Gasteiger partial charge in [0, 0.05) is 26.4 Å². The van der Waals surface area contributed by atoms with Crippen LogP contribution in [0.15, 0.2) is 23.2 Å². The first-order valence-electron chi connectivity index (χ1n) is 6.98. The second-order valence-corrected chi connectivity index (χ2v) is 5.35. The van der Waals surface area contributed by atoms with E-state index in [-0.39, 0.29) is 0 Å². The maximum atomic E-state index is 5.75. The largest absolute Gasteiger partial charge is 0.493 e. The second kappa shape index (κ2) is 6.71. The average molecular weight is 261 g/mol. The van der Waals surface area contributed by atoms with E-state index in [1.54, 1.807) is 7.11 Å². The molecule has 19 heavy (non-hydrogen) atoms. The van der Waals surface area contributed by atoms with Crippen molar-refractivity contribution >= 4 is 6.21 Å². The Morgan fingerprint density at radius 2 is 2.16 bits per heavy atom. The van der Waals surface area contributed by atoms with Crippen LogP contribution >= 0.6 is 0 Å². The molecular formula is C16H23NO2. The van der Waals surface area contributed by atoms with Crippen molar-refractivity contribution in [3.8, 4) is 5.75 Å². The molecule has 1 aliphatic heterocycles. The highest BCUT2D eigenvalue weighted by Gasteiger charge is 2.18. The molecule has 0 amide bonds. The van der Waals surface area contributed by atoms with Crippen LogP contribution in [0.4, 0.5) is 0 Å². The molecule has 3 nitrogen and oxygen atoms in total. The Morgan fingerprint density at radius 3 is 2.89 bits per heavy atom. The normalized spacial score (nSPS) is 17.6. The number of methoxy groups -OCH3 is 1. The van der Waals surface area contributed by atoms with E-state index in [1.165, 1.54) is 11.1 Å². The van der Waals surface area contributed by atoms with Crippen molar-refractivity contribution in [3.63, 3.8) is 0 Å². The Balaban J connectivity index is 1.99. The van der Waals surface area contributed by atoms with Crippen LogP contribution in [0.25, 0.3) is 0 Å². The number of ether oxygens (including phenoxy) is 2. The Bertz CT molecular complexity index is 440. The van der Waals surface area contributed by atoms with E-state index in [9.17, 15) is 0 Å². The lowest BCUT2D eigenvalue weighted by Gasteiger charge is -2.22. The van der Waals surface area contributed by atoms with Crippen LogP contribution in [0.2, 0.25) is 0 Å². The molecular weight excluding hydrogens is 238 g/mol. The molecule has 1 unspecified atom stereocenters. The minimum absolute atomic E-state index is 0.399. The van der Waals surface area contributed by atoms with Crippen LogP contribution in [0.3, 0.4) is 0 Å². The number of nitrogens with zero attached hydrogens (tertiary/aromatic N) is 1. The van der Waals surface area contributed by atoms with Crippen LogP contribution in [-0.2, 0) is 11.2 Å². The zero-order valence-corrected chi connectivity index (χ0v) is 12.1. The predicted molar refractivity (Wildman–Crippen MR) is 78.4 cm³/mol. The highest BCUT2D eigenvalue weighted by Crippen LogP contribution is 2.24. The van der Waals surface area contributed by atoms with Gasteiger partial charge in [0.2, 0.25) is 0 Å². The summed E-state index contributed by atoms with van der Waals surface area (Å²) in [6.45, 7) is 5.89. The first kappa shape index (κ1) is 14.1. The zero-order valence-electron chi connectivity index (χ0n) is 12.1. The van der Waals surface area contributed by atoms with Gasteiger partial charge in [-0.1, -0.05) is 13.8 Å². The molecule has 2 rings (SSSR count). The minimum Gasteiger partial charge on any atom is -0.493 e. The summed E-state index contributed by atoms with van der Waals surface area (Å²) in [6.07, 6.45) is 3.93. The third-order valence-corrected chi connectivity index (χ3v) is 3.48. The van der Waals surface area contributed by atoms with Gasteiger partial charge in [0.1, 0.15) is 5.75 Å². The standard InChI is InChI=1S/C16H23NO2/c1-12(2)16-10-14-9-15(19-8-4-7-18-3)6-5-13(14)11-17-16/h5-6,9,11-12,16H,4,7-8,10H2,1-3H3. The van der Waals surface area contributed by atoms with E-state index < -0.39 is 0 Å². The Labute approximate surface area is 115 Å². The number of benzene rings is 1. The van der Waals surface area contributed by atoms with E-state index in [4.69, 9.17) is 9.47 Å². The van der Waals surface area contributed by atoms with Gasteiger partial charge in [-0.05, 0) is 41.7 Å². The number of hydrogen-bond donors (Lipinski definition) is 0. The molecule has 0 bridgehead atoms. The third kappa shape index (κ3) is 3.80. The summed E-state index contributed by atoms with van der Waals surface area (Å²) in [6, 6.07) is 6.67. The molecule has 0 aromatic heterocycles. The molecule has 1 aromatic carbocycles. The molecule has 1 aliphatic rings. The minimum atomic E-state index is 0.399. The molecule has 104 valence electrons. The van der Waals surface area contributed by atoms with Gasteiger partial charge in [0.25, 0.3) is 0 Å². The fraction of sp³-hybridized carbons (Fsp3) is 0.562. The van der Waals surface area contributed by atoms with Crippen LogP contribution in [-0.4, -0.2) is 32.6 Å². The molecule has 0 fully saturated rings. The molecule has 0 aliphatic carbocycles. The topological polar surface area (TPSA) is 30.8 Å². The summed E-state index contributed by atoms with van der Waals surface area (Å²) in [5.74, 6) is 1.53. The van der Waals surface area contributed by atoms with Crippen molar-refractivity contribution in [2.24, 2.45) is 10.9 Å². The van der Waals surface area contributed by atoms with Gasteiger partial charge in [-0.15, -0.1) is 0 Å². The predicted octanol–water partition coefficient (Wildman–Crippen LogP) is 3.10. The summed E-state index contributed by atoms with van der Waals surface area (Å²) in [4.78, 5) is 4.60. The molecule has 0 spiro atoms. The highest BCUT2D eigenvalue weighted by molar-refractivity contribution is 5.83. The van der Waals surface area contributed by atoms with Crippen molar-refractivity contribution in [1.82, 2.24) is 0 Å². The van der Waals surface area contributed by atoms with Gasteiger partial charge < -0.3 is 9.47 Å². The molecule has 0 N–H and O–H groups in total. The SMILES string of the molecule is COCCCOc1ccc2c(c1)CC(C(C)C)N=C2. The molecule has 0 saturated heterocycles. The third-order valence-electron chi connectivity index (χ3n) is 3.48. The van der Waals surface area contributed by atoms with Gasteiger partial charge in [-0.2, -0.15) is 0 Å². The summed E-state index contributed by atoms with van der Waals surface area (Å²) < 4.78 is 10.8. The first-order valence-corrected chi connectivity index (χ1v) is 6.98. The maximum Gasteiger partial charge on any atom is 0.119 e. The monoisotopic (exact) mass is 261 g/mol. The zero-order chi connectivity index (χ0) is 13.7. The quantitative estimate of drug-likeness (QED) is 0.737. The molecule has 0 saturated carbocycles. The molecule has 1 atom stereocenters. The van der Waals surface area contributed by atoms with E-state index in [0.29, 0.717) is 18.6 Å². The summed E-state index contributed by atoms with van der Waals surface area (Å²) in [5.41, 5.74) is 2.57. The van der Waals surface area contributed by atoms with Gasteiger partial charge >= 0.3 is 0 Å². The van der Waals surface area contributed by atoms with E-state index in [0.717, 1.165) is 25.2 Å². The van der Waals surface area contributed by atoms with Crippen LogP contribution in [0, 0.1) is 5.92 Å². The van der Waals surface area contributed by atoms with Crippen LogP contribution in [0.1, 0.15) is 31.4 Å². The number of aliphatic imine (C=N–C) groups is 1. The van der Waals surface area contributed by atoms with Crippen molar-refractivity contribution in [2.45, 2.75) is 32.7 Å². The number of rotatable bonds is 6. The maximum absolute atomic E-state index is 5.75. The fourth-order valence-electron chi connectivity index (χ4n) is 2.23. The second-order valence-electron chi connectivity index (χ2n) is 5.35. The summed E-state index contributed by atoms with van der Waals surface area (Å²) in [5, 5.41) is 0. The molecule has 1 heterocycles. The first-order chi connectivity index (χ1) is 9.20. The molecule has 3 heteroatoms. The molecule has 1 aromatic rings. The fourth-order valence-corrected chi connectivity index (χ4v) is 2.23. The average Bonchev–Trinajstić information content (AvgIpc) is 2.42. The lowest BCUT2D eigenvalue weighted by molar-refractivity contribution is 0.172. The van der Waals surface area contributed by atoms with Crippen LogP contribution < -0.4 is 4.74 Å². The van der Waals surface area contributed by atoms with Crippen LogP contribution in [0.5, 0.6) is 5.75 Å². The van der Waals surface area contributed by atoms with Gasteiger partial charge in [-0.25, -0.2) is 0 Å².